The van der Waals surface area contributed by atoms with E-state index >= 15 is 0 Å². The van der Waals surface area contributed by atoms with Crippen LogP contribution in [0.1, 0.15) is 22.4 Å². The highest BCUT2D eigenvalue weighted by Crippen LogP contribution is 2.26. The van der Waals surface area contributed by atoms with Crippen molar-refractivity contribution in [3.05, 3.63) is 34.2 Å². The summed E-state index contributed by atoms with van der Waals surface area (Å²) in [7, 11) is 1.86. The molecule has 1 saturated heterocycles. The molecule has 21 heavy (non-hydrogen) atoms. The Morgan fingerprint density at radius 2 is 2.24 bits per heavy atom. The molecule has 6 nitrogen and oxygen atoms in total. The van der Waals surface area contributed by atoms with Crippen LogP contribution in [0.15, 0.2) is 17.9 Å². The van der Waals surface area contributed by atoms with Crippen LogP contribution >= 0.6 is 11.3 Å². The zero-order chi connectivity index (χ0) is 14.7. The van der Waals surface area contributed by atoms with E-state index in [1.165, 1.54) is 4.88 Å². The molecular weight excluding hydrogens is 286 g/mol. The van der Waals surface area contributed by atoms with Gasteiger partial charge < -0.3 is 10.1 Å². The number of anilines is 1. The number of hydrogen-bond acceptors (Lipinski definition) is 7. The number of nitrogens with zero attached hydrogens (tertiary/aromatic N) is 4. The van der Waals surface area contributed by atoms with Crippen molar-refractivity contribution in [2.24, 2.45) is 0 Å². The van der Waals surface area contributed by atoms with Gasteiger partial charge in [0.05, 0.1) is 17.8 Å². The van der Waals surface area contributed by atoms with Crippen molar-refractivity contribution in [2.75, 3.05) is 32.1 Å². The van der Waals surface area contributed by atoms with Gasteiger partial charge in [-0.2, -0.15) is 0 Å². The van der Waals surface area contributed by atoms with E-state index in [2.05, 4.69) is 32.1 Å². The van der Waals surface area contributed by atoms with Crippen molar-refractivity contribution >= 4 is 17.2 Å². The molecule has 3 rings (SSSR count). The summed E-state index contributed by atoms with van der Waals surface area (Å²) in [5.74, 6) is 0.790. The first-order chi connectivity index (χ1) is 10.3. The van der Waals surface area contributed by atoms with Crippen molar-refractivity contribution in [3.8, 4) is 0 Å². The predicted octanol–water partition coefficient (Wildman–Crippen LogP) is 1.86. The van der Waals surface area contributed by atoms with E-state index in [9.17, 15) is 0 Å². The third-order valence-electron chi connectivity index (χ3n) is 3.63. The Morgan fingerprint density at radius 3 is 3.00 bits per heavy atom. The van der Waals surface area contributed by atoms with Crippen LogP contribution in [0.5, 0.6) is 0 Å². The number of aryl methyl sites for hydroxylation is 1. The molecule has 0 spiro atoms. The van der Waals surface area contributed by atoms with Gasteiger partial charge in [-0.15, -0.1) is 11.3 Å². The first-order valence-corrected chi connectivity index (χ1v) is 7.87. The zero-order valence-corrected chi connectivity index (χ0v) is 13.1. The van der Waals surface area contributed by atoms with E-state index in [0.717, 1.165) is 36.8 Å². The summed E-state index contributed by atoms with van der Waals surface area (Å²) < 4.78 is 5.89. The Kier molecular flexibility index (Phi) is 4.42. The van der Waals surface area contributed by atoms with Crippen molar-refractivity contribution in [1.82, 2.24) is 19.9 Å². The van der Waals surface area contributed by atoms with Crippen LogP contribution in [0.4, 0.5) is 5.82 Å². The summed E-state index contributed by atoms with van der Waals surface area (Å²) in [6.45, 7) is 5.45. The van der Waals surface area contributed by atoms with Gasteiger partial charge in [0.2, 0.25) is 0 Å². The van der Waals surface area contributed by atoms with Crippen molar-refractivity contribution in [3.63, 3.8) is 0 Å². The quantitative estimate of drug-likeness (QED) is 0.930. The molecule has 0 amide bonds. The van der Waals surface area contributed by atoms with E-state index in [0.29, 0.717) is 6.61 Å². The van der Waals surface area contributed by atoms with Crippen LogP contribution in [-0.2, 0) is 11.3 Å². The average Bonchev–Trinajstić information content (AvgIpc) is 2.93. The number of morpholine rings is 1. The van der Waals surface area contributed by atoms with Crippen molar-refractivity contribution in [2.45, 2.75) is 19.6 Å². The van der Waals surface area contributed by atoms with Gasteiger partial charge in [-0.3, -0.25) is 9.88 Å². The topological polar surface area (TPSA) is 63.2 Å². The standard InChI is InChI=1S/C14H19N5OS/c1-10-12(21-9-18-10)8-19-5-6-20-11(7-19)13-14(15-2)17-4-3-16-13/h3-4,9,11H,5-8H2,1-2H3,(H,15,17)/t11-/m1/s1. The fourth-order valence-electron chi connectivity index (χ4n) is 2.47. The highest BCUT2D eigenvalue weighted by molar-refractivity contribution is 7.09. The van der Waals surface area contributed by atoms with Gasteiger partial charge in [0, 0.05) is 44.0 Å². The number of ether oxygens (including phenoxy) is 1. The van der Waals surface area contributed by atoms with Crippen LogP contribution in [0.25, 0.3) is 0 Å². The monoisotopic (exact) mass is 305 g/mol. The summed E-state index contributed by atoms with van der Waals surface area (Å²) in [6, 6.07) is 0. The average molecular weight is 305 g/mol. The lowest BCUT2D eigenvalue weighted by molar-refractivity contribution is -0.0345. The van der Waals surface area contributed by atoms with E-state index in [1.54, 1.807) is 23.7 Å². The number of aromatic nitrogens is 3. The Hall–Kier alpha value is -1.57. The molecule has 3 heterocycles. The maximum atomic E-state index is 5.89. The molecule has 0 unspecified atom stereocenters. The number of thiazole rings is 1. The second-order valence-corrected chi connectivity index (χ2v) is 5.94. The lowest BCUT2D eigenvalue weighted by atomic mass is 10.2. The lowest BCUT2D eigenvalue weighted by Crippen LogP contribution is -2.38. The summed E-state index contributed by atoms with van der Waals surface area (Å²) >= 11 is 1.71. The Labute approximate surface area is 128 Å². The van der Waals surface area contributed by atoms with E-state index in [-0.39, 0.29) is 6.10 Å². The molecular formula is C14H19N5OS. The van der Waals surface area contributed by atoms with E-state index in [4.69, 9.17) is 4.74 Å². The smallest absolute Gasteiger partial charge is 0.150 e. The van der Waals surface area contributed by atoms with Crippen LogP contribution < -0.4 is 5.32 Å². The maximum Gasteiger partial charge on any atom is 0.150 e. The second-order valence-electron chi connectivity index (χ2n) is 5.00. The van der Waals surface area contributed by atoms with Crippen LogP contribution in [0, 0.1) is 6.92 Å². The van der Waals surface area contributed by atoms with Crippen molar-refractivity contribution < 1.29 is 4.74 Å². The van der Waals surface area contributed by atoms with Gasteiger partial charge in [-0.05, 0) is 6.92 Å². The highest BCUT2D eigenvalue weighted by atomic mass is 32.1. The molecule has 1 atom stereocenters. The molecule has 1 aliphatic rings. The number of hydrogen-bond donors (Lipinski definition) is 1. The molecule has 1 fully saturated rings. The number of nitrogens with one attached hydrogen (secondary N) is 1. The normalized spacial score (nSPS) is 19.6. The summed E-state index contributed by atoms with van der Waals surface area (Å²) in [5, 5.41) is 3.08. The summed E-state index contributed by atoms with van der Waals surface area (Å²) in [6.07, 6.45) is 3.37. The zero-order valence-electron chi connectivity index (χ0n) is 12.2. The first-order valence-electron chi connectivity index (χ1n) is 6.99. The van der Waals surface area contributed by atoms with E-state index in [1.807, 2.05) is 12.6 Å². The molecule has 1 aliphatic heterocycles. The molecule has 0 saturated carbocycles. The fraction of sp³-hybridized carbons (Fsp3) is 0.500. The predicted molar refractivity (Wildman–Crippen MR) is 82.4 cm³/mol. The van der Waals surface area contributed by atoms with Gasteiger partial charge in [0.25, 0.3) is 0 Å². The Balaban J connectivity index is 1.72. The van der Waals surface area contributed by atoms with Gasteiger partial charge in [-0.1, -0.05) is 0 Å². The van der Waals surface area contributed by atoms with E-state index < -0.39 is 0 Å². The molecule has 0 aliphatic carbocycles. The molecule has 7 heteroatoms. The molecule has 2 aromatic rings. The number of rotatable bonds is 4. The minimum atomic E-state index is -0.0388. The largest absolute Gasteiger partial charge is 0.372 e. The van der Waals surface area contributed by atoms with Gasteiger partial charge in [-0.25, -0.2) is 9.97 Å². The fourth-order valence-corrected chi connectivity index (χ4v) is 3.29. The molecule has 112 valence electrons. The van der Waals surface area contributed by atoms with Gasteiger partial charge in [0.15, 0.2) is 0 Å². The molecule has 0 radical (unpaired) electrons. The third-order valence-corrected chi connectivity index (χ3v) is 4.55. The minimum Gasteiger partial charge on any atom is -0.372 e. The van der Waals surface area contributed by atoms with Crippen LogP contribution in [0.2, 0.25) is 0 Å². The lowest BCUT2D eigenvalue weighted by Gasteiger charge is -2.32. The van der Waals surface area contributed by atoms with Crippen LogP contribution in [0.3, 0.4) is 0 Å². The molecule has 1 N–H and O–H groups in total. The van der Waals surface area contributed by atoms with Gasteiger partial charge in [0.1, 0.15) is 17.6 Å². The van der Waals surface area contributed by atoms with Crippen molar-refractivity contribution in [1.29, 1.82) is 0 Å². The minimum absolute atomic E-state index is 0.0388. The summed E-state index contributed by atoms with van der Waals surface area (Å²) in [4.78, 5) is 16.8. The maximum absolute atomic E-state index is 5.89. The second kappa shape index (κ2) is 6.46. The molecule has 2 aromatic heterocycles. The molecule has 0 bridgehead atoms. The Morgan fingerprint density at radius 1 is 1.38 bits per heavy atom. The molecule has 0 aromatic carbocycles. The highest BCUT2D eigenvalue weighted by Gasteiger charge is 2.26. The SMILES string of the molecule is CNc1nccnc1[C@H]1CN(Cc2scnc2C)CCO1. The van der Waals surface area contributed by atoms with Gasteiger partial charge >= 0.3 is 0 Å². The van der Waals surface area contributed by atoms with Crippen LogP contribution in [-0.4, -0.2) is 46.6 Å². The summed E-state index contributed by atoms with van der Waals surface area (Å²) in [5.41, 5.74) is 3.91. The first kappa shape index (κ1) is 14.4. The third kappa shape index (κ3) is 3.20. The Bertz CT molecular complexity index is 603.